The molecule has 0 aromatic carbocycles. The first-order valence-corrected chi connectivity index (χ1v) is 5.16. The fraction of sp³-hybridized carbons (Fsp3) is 0. The van der Waals surface area contributed by atoms with Gasteiger partial charge in [-0.05, 0) is 6.07 Å². The number of nitrogen functional groups attached to an aromatic ring is 2. The number of nitrogens with two attached hydrogens (primary N) is 3. The monoisotopic (exact) mass is 257 g/mol. The Labute approximate surface area is 111 Å². The number of hydrazine groups is 1. The minimum absolute atomic E-state index is 0.393. The SMILES string of the molecule is C#C.C=C(N)n1cnc(-c2cnc(NN)c(N)c2)c1. The lowest BCUT2D eigenvalue weighted by molar-refractivity contribution is 1.07. The Balaban J connectivity index is 0.000000861. The highest BCUT2D eigenvalue weighted by Crippen LogP contribution is 2.22. The molecule has 0 spiro atoms. The number of rotatable bonds is 3. The fourth-order valence-electron chi connectivity index (χ4n) is 1.37. The zero-order valence-electron chi connectivity index (χ0n) is 10.2. The van der Waals surface area contributed by atoms with Gasteiger partial charge < -0.3 is 16.9 Å². The molecule has 0 unspecified atom stereocenters. The normalized spacial score (nSPS) is 9.21. The number of anilines is 2. The van der Waals surface area contributed by atoms with Crippen LogP contribution < -0.4 is 22.7 Å². The van der Waals surface area contributed by atoms with Gasteiger partial charge in [-0.1, -0.05) is 6.58 Å². The summed E-state index contributed by atoms with van der Waals surface area (Å²) in [5.41, 5.74) is 15.6. The first-order chi connectivity index (χ1) is 9.11. The van der Waals surface area contributed by atoms with E-state index >= 15 is 0 Å². The van der Waals surface area contributed by atoms with Crippen molar-refractivity contribution >= 4 is 17.3 Å². The third-order valence-corrected chi connectivity index (χ3v) is 2.26. The molecule has 0 atom stereocenters. The molecule has 0 aliphatic carbocycles. The molecule has 0 amide bonds. The van der Waals surface area contributed by atoms with Crippen LogP contribution in [0.15, 0.2) is 31.4 Å². The Morgan fingerprint density at radius 1 is 1.37 bits per heavy atom. The van der Waals surface area contributed by atoms with Crippen molar-refractivity contribution in [2.45, 2.75) is 0 Å². The van der Waals surface area contributed by atoms with E-state index in [0.717, 1.165) is 5.56 Å². The summed E-state index contributed by atoms with van der Waals surface area (Å²) in [6, 6.07) is 1.73. The predicted octanol–water partition coefficient (Wildman–Crippen LogP) is 0.449. The van der Waals surface area contributed by atoms with E-state index in [0.29, 0.717) is 23.0 Å². The van der Waals surface area contributed by atoms with Crippen LogP contribution in [0, 0.1) is 12.8 Å². The van der Waals surface area contributed by atoms with Crippen LogP contribution in [0.2, 0.25) is 0 Å². The van der Waals surface area contributed by atoms with Crippen molar-refractivity contribution in [2.24, 2.45) is 11.6 Å². The van der Waals surface area contributed by atoms with Crippen LogP contribution in [0.3, 0.4) is 0 Å². The second-order valence-electron chi connectivity index (χ2n) is 3.46. The summed E-state index contributed by atoms with van der Waals surface area (Å²) in [5.74, 6) is 6.06. The van der Waals surface area contributed by atoms with E-state index < -0.39 is 0 Å². The quantitative estimate of drug-likeness (QED) is 0.360. The van der Waals surface area contributed by atoms with Crippen molar-refractivity contribution in [3.63, 3.8) is 0 Å². The number of pyridine rings is 1. The molecule has 98 valence electrons. The molecule has 7 nitrogen and oxygen atoms in total. The van der Waals surface area contributed by atoms with E-state index in [1.54, 1.807) is 29.4 Å². The number of nitrogens with one attached hydrogen (secondary N) is 1. The maximum atomic E-state index is 5.75. The number of hydrogen-bond acceptors (Lipinski definition) is 6. The molecule has 0 radical (unpaired) electrons. The fourth-order valence-corrected chi connectivity index (χ4v) is 1.37. The van der Waals surface area contributed by atoms with E-state index in [1.165, 1.54) is 0 Å². The lowest BCUT2D eigenvalue weighted by atomic mass is 10.2. The summed E-state index contributed by atoms with van der Waals surface area (Å²) >= 11 is 0. The van der Waals surface area contributed by atoms with Crippen LogP contribution in [-0.2, 0) is 0 Å². The molecule has 0 saturated heterocycles. The van der Waals surface area contributed by atoms with Crippen molar-refractivity contribution in [3.8, 4) is 24.1 Å². The molecule has 0 saturated carbocycles. The van der Waals surface area contributed by atoms with Crippen molar-refractivity contribution in [1.29, 1.82) is 0 Å². The van der Waals surface area contributed by atoms with Crippen LogP contribution in [0.25, 0.3) is 17.1 Å². The molecular weight excluding hydrogens is 242 g/mol. The van der Waals surface area contributed by atoms with Crippen LogP contribution in [0.5, 0.6) is 0 Å². The van der Waals surface area contributed by atoms with E-state index in [1.807, 2.05) is 0 Å². The molecule has 19 heavy (non-hydrogen) atoms. The highest BCUT2D eigenvalue weighted by Gasteiger charge is 2.06. The van der Waals surface area contributed by atoms with Gasteiger partial charge in [0, 0.05) is 18.0 Å². The Bertz CT molecular complexity index is 597. The first kappa shape index (κ1) is 14.1. The lowest BCUT2D eigenvalue weighted by Gasteiger charge is -2.04. The summed E-state index contributed by atoms with van der Waals surface area (Å²) in [5, 5.41) is 0. The molecule has 0 aliphatic rings. The predicted molar refractivity (Wildman–Crippen MR) is 77.1 cm³/mol. The third-order valence-electron chi connectivity index (χ3n) is 2.26. The van der Waals surface area contributed by atoms with Gasteiger partial charge in [0.25, 0.3) is 0 Å². The van der Waals surface area contributed by atoms with Crippen molar-refractivity contribution in [1.82, 2.24) is 14.5 Å². The average molecular weight is 257 g/mol. The second kappa shape index (κ2) is 6.09. The van der Waals surface area contributed by atoms with Gasteiger partial charge in [-0.3, -0.25) is 4.57 Å². The second-order valence-corrected chi connectivity index (χ2v) is 3.46. The molecular formula is C12H15N7. The lowest BCUT2D eigenvalue weighted by Crippen LogP contribution is -2.10. The Kier molecular flexibility index (Phi) is 4.51. The third kappa shape index (κ3) is 3.02. The summed E-state index contributed by atoms with van der Waals surface area (Å²) in [6.45, 7) is 3.61. The van der Waals surface area contributed by atoms with Crippen molar-refractivity contribution < 1.29 is 0 Å². The van der Waals surface area contributed by atoms with Gasteiger partial charge in [-0.15, -0.1) is 12.8 Å². The van der Waals surface area contributed by atoms with Crippen molar-refractivity contribution in [2.75, 3.05) is 11.2 Å². The van der Waals surface area contributed by atoms with Gasteiger partial charge >= 0.3 is 0 Å². The summed E-state index contributed by atoms with van der Waals surface area (Å²) in [4.78, 5) is 8.24. The van der Waals surface area contributed by atoms with Crippen LogP contribution in [-0.4, -0.2) is 14.5 Å². The number of aromatic nitrogens is 3. The minimum atomic E-state index is 0.393. The summed E-state index contributed by atoms with van der Waals surface area (Å²) in [7, 11) is 0. The average Bonchev–Trinajstić information content (AvgIpc) is 2.91. The number of terminal acetylenes is 1. The highest BCUT2D eigenvalue weighted by molar-refractivity contribution is 5.70. The number of hydrogen-bond donors (Lipinski definition) is 4. The zero-order chi connectivity index (χ0) is 14.4. The smallest absolute Gasteiger partial charge is 0.163 e. The summed E-state index contributed by atoms with van der Waals surface area (Å²) in [6.07, 6.45) is 12.9. The first-order valence-electron chi connectivity index (χ1n) is 5.16. The van der Waals surface area contributed by atoms with E-state index in [-0.39, 0.29) is 0 Å². The summed E-state index contributed by atoms with van der Waals surface area (Å²) < 4.78 is 1.61. The maximum Gasteiger partial charge on any atom is 0.163 e. The van der Waals surface area contributed by atoms with Crippen LogP contribution in [0.4, 0.5) is 11.5 Å². The number of imidazole rings is 1. The molecule has 0 bridgehead atoms. The van der Waals surface area contributed by atoms with Gasteiger partial charge in [0.2, 0.25) is 0 Å². The standard InChI is InChI=1S/C10H13N7.C2H2/c1-6(11)17-4-9(15-5-17)7-2-8(12)10(16-13)14-3-7;1-2/h2-5H,1,11-13H2,(H,14,16);1-2H. The molecule has 2 rings (SSSR count). The van der Waals surface area contributed by atoms with Crippen LogP contribution in [0.1, 0.15) is 0 Å². The Hall–Kier alpha value is -2.98. The van der Waals surface area contributed by atoms with Gasteiger partial charge in [0.05, 0.1) is 11.4 Å². The largest absolute Gasteiger partial charge is 0.396 e. The van der Waals surface area contributed by atoms with E-state index in [9.17, 15) is 0 Å². The maximum absolute atomic E-state index is 5.75. The molecule has 7 heteroatoms. The van der Waals surface area contributed by atoms with Crippen LogP contribution >= 0.6 is 0 Å². The molecule has 2 aromatic heterocycles. The minimum Gasteiger partial charge on any atom is -0.396 e. The van der Waals surface area contributed by atoms with E-state index in [4.69, 9.17) is 17.3 Å². The zero-order valence-corrected chi connectivity index (χ0v) is 10.2. The number of nitrogens with zero attached hydrogens (tertiary/aromatic N) is 3. The molecule has 2 aromatic rings. The molecule has 0 fully saturated rings. The Morgan fingerprint density at radius 3 is 2.53 bits per heavy atom. The Morgan fingerprint density at radius 2 is 2.05 bits per heavy atom. The molecule has 2 heterocycles. The highest BCUT2D eigenvalue weighted by atomic mass is 15.3. The molecule has 7 N–H and O–H groups in total. The topological polar surface area (TPSA) is 121 Å². The van der Waals surface area contributed by atoms with Gasteiger partial charge in [0.15, 0.2) is 5.82 Å². The van der Waals surface area contributed by atoms with Gasteiger partial charge in [-0.2, -0.15) is 0 Å². The van der Waals surface area contributed by atoms with Gasteiger partial charge in [0.1, 0.15) is 12.1 Å². The van der Waals surface area contributed by atoms with Crippen molar-refractivity contribution in [3.05, 3.63) is 31.4 Å². The van der Waals surface area contributed by atoms with E-state index in [2.05, 4.69) is 34.8 Å². The molecule has 0 aliphatic heterocycles. The van der Waals surface area contributed by atoms with Gasteiger partial charge in [-0.25, -0.2) is 15.8 Å².